The molecule has 2 nitrogen and oxygen atoms in total. The van der Waals surface area contributed by atoms with Crippen LogP contribution in [0.3, 0.4) is 0 Å². The summed E-state index contributed by atoms with van der Waals surface area (Å²) in [7, 11) is 0. The van der Waals surface area contributed by atoms with Crippen molar-refractivity contribution in [1.29, 1.82) is 0 Å². The Bertz CT molecular complexity index is 280. The number of aromatic nitrogens is 2. The lowest BCUT2D eigenvalue weighted by molar-refractivity contribution is 0.581. The van der Waals surface area contributed by atoms with Crippen LogP contribution in [0, 0.1) is 12.3 Å². The molecule has 1 fully saturated rings. The number of hydrogen-bond donors (Lipinski definition) is 0. The second kappa shape index (κ2) is 3.07. The van der Waals surface area contributed by atoms with Crippen LogP contribution >= 0.6 is 27.3 Å². The van der Waals surface area contributed by atoms with Gasteiger partial charge in [-0.2, -0.15) is 0 Å². The van der Waals surface area contributed by atoms with Crippen molar-refractivity contribution in [1.82, 2.24) is 10.2 Å². The molecule has 0 N–H and O–H groups in total. The van der Waals surface area contributed by atoms with E-state index in [-0.39, 0.29) is 0 Å². The topological polar surface area (TPSA) is 25.8 Å². The Balaban J connectivity index is 2.04. The van der Waals surface area contributed by atoms with Gasteiger partial charge in [0.05, 0.1) is 0 Å². The van der Waals surface area contributed by atoms with Gasteiger partial charge in [-0.15, -0.1) is 21.5 Å². The Kier molecular flexibility index (Phi) is 2.21. The quantitative estimate of drug-likeness (QED) is 0.767. The summed E-state index contributed by atoms with van der Waals surface area (Å²) in [4.78, 5) is 0. The van der Waals surface area contributed by atoms with Gasteiger partial charge in [0, 0.05) is 11.8 Å². The van der Waals surface area contributed by atoms with Gasteiger partial charge in [-0.25, -0.2) is 0 Å². The zero-order chi connectivity index (χ0) is 8.60. The summed E-state index contributed by atoms with van der Waals surface area (Å²) in [6.45, 7) is 2.01. The lowest BCUT2D eigenvalue weighted by Gasteiger charge is -2.06. The van der Waals surface area contributed by atoms with Gasteiger partial charge in [0.1, 0.15) is 10.0 Å². The van der Waals surface area contributed by atoms with E-state index in [9.17, 15) is 0 Å². The number of hydrogen-bond acceptors (Lipinski definition) is 3. The molecule has 1 aliphatic rings. The molecule has 0 saturated heterocycles. The summed E-state index contributed by atoms with van der Waals surface area (Å²) in [5.41, 5.74) is 0.534. The minimum atomic E-state index is 0.534. The highest BCUT2D eigenvalue weighted by Crippen LogP contribution is 2.49. The van der Waals surface area contributed by atoms with Gasteiger partial charge in [0.25, 0.3) is 0 Å². The monoisotopic (exact) mass is 246 g/mol. The van der Waals surface area contributed by atoms with E-state index in [0.29, 0.717) is 5.41 Å². The van der Waals surface area contributed by atoms with Gasteiger partial charge < -0.3 is 0 Å². The van der Waals surface area contributed by atoms with E-state index in [4.69, 9.17) is 0 Å². The lowest BCUT2D eigenvalue weighted by atomic mass is 10.1. The highest BCUT2D eigenvalue weighted by atomic mass is 79.9. The van der Waals surface area contributed by atoms with Crippen LogP contribution in [0.2, 0.25) is 0 Å². The maximum Gasteiger partial charge on any atom is 0.118 e. The fourth-order valence-corrected chi connectivity index (χ4v) is 2.91. The van der Waals surface area contributed by atoms with Crippen LogP contribution in [-0.4, -0.2) is 15.5 Å². The maximum atomic E-state index is 4.14. The van der Waals surface area contributed by atoms with Crippen LogP contribution in [0.4, 0.5) is 0 Å². The van der Waals surface area contributed by atoms with Gasteiger partial charge in [-0.1, -0.05) is 15.9 Å². The predicted molar refractivity (Wildman–Crippen MR) is 53.8 cm³/mol. The SMILES string of the molecule is Cc1nnc(CC2(CBr)CC2)s1. The Labute approximate surface area is 84.5 Å². The maximum absolute atomic E-state index is 4.14. The minimum Gasteiger partial charge on any atom is -0.144 e. The van der Waals surface area contributed by atoms with Crippen molar-refractivity contribution in [3.05, 3.63) is 10.0 Å². The van der Waals surface area contributed by atoms with Gasteiger partial charge >= 0.3 is 0 Å². The molecule has 0 atom stereocenters. The molecule has 1 saturated carbocycles. The molecule has 0 bridgehead atoms. The summed E-state index contributed by atoms with van der Waals surface area (Å²) in [5, 5.41) is 11.5. The van der Waals surface area contributed by atoms with Crippen LogP contribution in [0.5, 0.6) is 0 Å². The molecular weight excluding hydrogens is 236 g/mol. The number of rotatable bonds is 3. The first kappa shape index (κ1) is 8.63. The summed E-state index contributed by atoms with van der Waals surface area (Å²) in [5.74, 6) is 0. The molecule has 66 valence electrons. The Hall–Kier alpha value is 0.0400. The van der Waals surface area contributed by atoms with Crippen LogP contribution < -0.4 is 0 Å². The molecule has 0 unspecified atom stereocenters. The zero-order valence-electron chi connectivity index (χ0n) is 7.01. The lowest BCUT2D eigenvalue weighted by Crippen LogP contribution is -2.05. The molecule has 4 heteroatoms. The fourth-order valence-electron chi connectivity index (χ4n) is 1.26. The second-order valence-electron chi connectivity index (χ2n) is 3.53. The average molecular weight is 247 g/mol. The second-order valence-corrected chi connectivity index (χ2v) is 5.35. The normalized spacial score (nSPS) is 19.5. The van der Waals surface area contributed by atoms with Crippen LogP contribution in [-0.2, 0) is 6.42 Å². The van der Waals surface area contributed by atoms with Gasteiger partial charge in [0.2, 0.25) is 0 Å². The van der Waals surface area contributed by atoms with Gasteiger partial charge in [0.15, 0.2) is 0 Å². The largest absolute Gasteiger partial charge is 0.144 e. The molecule has 0 radical (unpaired) electrons. The standard InChI is InChI=1S/C8H11BrN2S/c1-6-10-11-7(12-6)4-8(5-9)2-3-8/h2-5H2,1H3. The number of alkyl halides is 1. The first-order valence-corrected chi connectivity index (χ1v) is 6.03. The van der Waals surface area contributed by atoms with E-state index in [0.717, 1.165) is 16.8 Å². The van der Waals surface area contributed by atoms with Gasteiger partial charge in [-0.05, 0) is 25.2 Å². The summed E-state index contributed by atoms with van der Waals surface area (Å²) in [6, 6.07) is 0. The molecule has 0 amide bonds. The molecule has 12 heavy (non-hydrogen) atoms. The van der Waals surface area contributed by atoms with Crippen LogP contribution in [0.15, 0.2) is 0 Å². The fraction of sp³-hybridized carbons (Fsp3) is 0.750. The van der Waals surface area contributed by atoms with Crippen LogP contribution in [0.1, 0.15) is 22.9 Å². The number of aryl methyl sites for hydroxylation is 1. The van der Waals surface area contributed by atoms with Crippen LogP contribution in [0.25, 0.3) is 0 Å². The smallest absolute Gasteiger partial charge is 0.118 e. The van der Waals surface area contributed by atoms with E-state index in [1.54, 1.807) is 11.3 Å². The van der Waals surface area contributed by atoms with E-state index >= 15 is 0 Å². The highest BCUT2D eigenvalue weighted by Gasteiger charge is 2.42. The molecular formula is C8H11BrN2S. The van der Waals surface area contributed by atoms with Crippen molar-refractivity contribution >= 4 is 27.3 Å². The van der Waals surface area contributed by atoms with Crippen molar-refractivity contribution in [3.8, 4) is 0 Å². The van der Waals surface area contributed by atoms with Gasteiger partial charge in [-0.3, -0.25) is 0 Å². The van der Waals surface area contributed by atoms with Crippen molar-refractivity contribution in [3.63, 3.8) is 0 Å². The summed E-state index contributed by atoms with van der Waals surface area (Å²) >= 11 is 5.28. The third-order valence-electron chi connectivity index (χ3n) is 2.33. The third kappa shape index (κ3) is 1.69. The summed E-state index contributed by atoms with van der Waals surface area (Å²) in [6.07, 6.45) is 3.80. The molecule has 1 heterocycles. The van der Waals surface area contributed by atoms with E-state index in [1.807, 2.05) is 6.92 Å². The number of nitrogens with zero attached hydrogens (tertiary/aromatic N) is 2. The first-order valence-electron chi connectivity index (χ1n) is 4.09. The van der Waals surface area contributed by atoms with E-state index < -0.39 is 0 Å². The molecule has 0 spiro atoms. The highest BCUT2D eigenvalue weighted by molar-refractivity contribution is 9.09. The zero-order valence-corrected chi connectivity index (χ0v) is 9.41. The predicted octanol–water partition coefficient (Wildman–Crippen LogP) is 2.56. The van der Waals surface area contributed by atoms with E-state index in [1.165, 1.54) is 17.8 Å². The molecule has 1 aromatic rings. The molecule has 0 aromatic carbocycles. The Morgan fingerprint density at radius 2 is 2.25 bits per heavy atom. The minimum absolute atomic E-state index is 0.534. The average Bonchev–Trinajstić information content (AvgIpc) is 2.71. The third-order valence-corrected chi connectivity index (χ3v) is 4.36. The van der Waals surface area contributed by atoms with Crippen molar-refractivity contribution in [2.24, 2.45) is 5.41 Å². The molecule has 2 rings (SSSR count). The Morgan fingerprint density at radius 3 is 2.67 bits per heavy atom. The van der Waals surface area contributed by atoms with Crippen molar-refractivity contribution in [2.75, 3.05) is 5.33 Å². The van der Waals surface area contributed by atoms with E-state index in [2.05, 4.69) is 26.1 Å². The Morgan fingerprint density at radius 1 is 1.50 bits per heavy atom. The molecule has 0 aliphatic heterocycles. The number of halogens is 1. The van der Waals surface area contributed by atoms with Crippen molar-refractivity contribution < 1.29 is 0 Å². The molecule has 1 aliphatic carbocycles. The first-order chi connectivity index (χ1) is 5.74. The molecule has 1 aromatic heterocycles. The summed E-state index contributed by atoms with van der Waals surface area (Å²) < 4.78 is 0. The van der Waals surface area contributed by atoms with Crippen molar-refractivity contribution in [2.45, 2.75) is 26.2 Å².